The molecule has 2 aromatic rings. The maximum atomic E-state index is 14.6. The second-order valence-corrected chi connectivity index (χ2v) is 13.5. The Hall–Kier alpha value is -4.36. The van der Waals surface area contributed by atoms with E-state index in [-0.39, 0.29) is 12.8 Å². The summed E-state index contributed by atoms with van der Waals surface area (Å²) < 4.78 is 34.6. The molecular weight excluding hydrogens is 639 g/mol. The largest absolute Gasteiger partial charge is 0.496 e. The van der Waals surface area contributed by atoms with Crippen molar-refractivity contribution in [2.24, 2.45) is 0 Å². The van der Waals surface area contributed by atoms with Crippen molar-refractivity contribution in [2.75, 3.05) is 33.3 Å². The zero-order valence-electron chi connectivity index (χ0n) is 30.8. The van der Waals surface area contributed by atoms with Crippen LogP contribution in [0, 0.1) is 11.6 Å². The van der Waals surface area contributed by atoms with Crippen LogP contribution >= 0.6 is 0 Å². The van der Waals surface area contributed by atoms with Gasteiger partial charge in [0.15, 0.2) is 11.6 Å². The van der Waals surface area contributed by atoms with Crippen molar-refractivity contribution >= 4 is 0 Å². The fourth-order valence-corrected chi connectivity index (χ4v) is 7.40. The predicted octanol–water partition coefficient (Wildman–Crippen LogP) is 10.6. The van der Waals surface area contributed by atoms with E-state index in [2.05, 4.69) is 106 Å². The number of nitrogens with one attached hydrogen (secondary N) is 2. The normalized spacial score (nSPS) is 17.8. The average molecular weight is 699 g/mol. The van der Waals surface area contributed by atoms with E-state index in [0.29, 0.717) is 23.8 Å². The Bertz CT molecular complexity index is 1640. The third kappa shape index (κ3) is 9.31. The number of methoxy groups -OCH3 is 1. The molecule has 1 unspecified atom stereocenters. The van der Waals surface area contributed by atoms with Crippen molar-refractivity contribution in [3.05, 3.63) is 155 Å². The number of nitrogens with zero attached hydrogens (tertiary/aromatic N) is 2. The highest BCUT2D eigenvalue weighted by atomic mass is 19.2. The second-order valence-electron chi connectivity index (χ2n) is 13.5. The fraction of sp³-hybridized carbons (Fsp3) is 0.409. The number of piperidine rings is 1. The van der Waals surface area contributed by atoms with Gasteiger partial charge in [-0.2, -0.15) is 0 Å². The van der Waals surface area contributed by atoms with Crippen molar-refractivity contribution in [3.63, 3.8) is 0 Å². The number of allylic oxidation sites excluding steroid dienone is 5. The van der Waals surface area contributed by atoms with E-state index in [1.165, 1.54) is 28.8 Å². The van der Waals surface area contributed by atoms with Crippen molar-refractivity contribution in [3.8, 4) is 0 Å². The molecule has 0 spiro atoms. The van der Waals surface area contributed by atoms with E-state index in [1.54, 1.807) is 13.2 Å². The molecule has 2 N–H and O–H groups in total. The number of benzene rings is 2. The van der Waals surface area contributed by atoms with E-state index in [4.69, 9.17) is 4.74 Å². The number of rotatable bonds is 16. The number of ether oxygens (including phenoxy) is 1. The Kier molecular flexibility index (Phi) is 15.1. The summed E-state index contributed by atoms with van der Waals surface area (Å²) in [5.41, 5.74) is 7.07. The van der Waals surface area contributed by atoms with Crippen molar-refractivity contribution in [1.82, 2.24) is 20.4 Å². The van der Waals surface area contributed by atoms with Gasteiger partial charge in [0.05, 0.1) is 13.2 Å². The number of hydrogen-bond donors (Lipinski definition) is 2. The minimum atomic E-state index is -0.882. The Morgan fingerprint density at radius 2 is 1.75 bits per heavy atom. The third-order valence-electron chi connectivity index (χ3n) is 9.94. The molecule has 1 fully saturated rings. The van der Waals surface area contributed by atoms with Gasteiger partial charge in [0, 0.05) is 28.8 Å². The van der Waals surface area contributed by atoms with Crippen molar-refractivity contribution in [2.45, 2.75) is 85.1 Å². The lowest BCUT2D eigenvalue weighted by Crippen LogP contribution is -2.45. The number of hydrogen-bond acceptors (Lipinski definition) is 5. The smallest absolute Gasteiger partial charge is 0.159 e. The summed E-state index contributed by atoms with van der Waals surface area (Å²) in [6.45, 7) is 29.1. The highest BCUT2D eigenvalue weighted by Gasteiger charge is 2.40. The van der Waals surface area contributed by atoms with Crippen LogP contribution in [0.3, 0.4) is 0 Å². The molecular formula is C44H60F2N4O. The molecule has 2 aliphatic rings. The summed E-state index contributed by atoms with van der Waals surface area (Å²) in [5.74, 6) is 0.346. The molecule has 0 bridgehead atoms. The zero-order valence-corrected chi connectivity index (χ0v) is 30.8. The molecule has 276 valence electrons. The standard InChI is InChI=1S/C43H56F2N4O.CH4/c1-10-17-39-41(31(6)11-2)42(34-20-21-37(44)38(45)29-34)49(33(8)47-39)32(7)46-24-16-25-48-26-22-43(23-27-48,35-18-14-13-15-19-35)36(28-30(4)5)40(12-3)50-9;/h12-15,18-21,28-29,42,46-47H,3,6-8,10-11,16-17,22-27H2,1-2,4-5,9H3;1H4/b40-36-;. The monoisotopic (exact) mass is 698 g/mol. The summed E-state index contributed by atoms with van der Waals surface area (Å²) in [7, 11) is 1.72. The topological polar surface area (TPSA) is 39.8 Å². The van der Waals surface area contributed by atoms with Gasteiger partial charge in [-0.25, -0.2) is 8.78 Å². The molecule has 1 saturated heterocycles. The molecule has 0 aromatic heterocycles. The van der Waals surface area contributed by atoms with E-state index in [9.17, 15) is 8.78 Å². The van der Waals surface area contributed by atoms with E-state index >= 15 is 0 Å². The van der Waals surface area contributed by atoms with Gasteiger partial charge in [0.2, 0.25) is 0 Å². The van der Waals surface area contributed by atoms with E-state index < -0.39 is 17.7 Å². The SMILES string of the molecule is C.C=C/C(OC)=C(\C=C(C)C)C1(c2ccccc2)CCN(CCCNC(=C)N2C(=C)NC(CCC)=C(C(=C)CC)C2c2ccc(F)c(F)c2)CC1. The minimum Gasteiger partial charge on any atom is -0.496 e. The molecule has 7 heteroatoms. The van der Waals surface area contributed by atoms with Crippen LogP contribution in [0.5, 0.6) is 0 Å². The molecule has 51 heavy (non-hydrogen) atoms. The van der Waals surface area contributed by atoms with Gasteiger partial charge in [-0.3, -0.25) is 0 Å². The lowest BCUT2D eigenvalue weighted by molar-refractivity contribution is 0.172. The first-order valence-electron chi connectivity index (χ1n) is 17.9. The van der Waals surface area contributed by atoms with Crippen molar-refractivity contribution in [1.29, 1.82) is 0 Å². The summed E-state index contributed by atoms with van der Waals surface area (Å²) in [6, 6.07) is 14.4. The zero-order chi connectivity index (χ0) is 36.4. The summed E-state index contributed by atoms with van der Waals surface area (Å²) >= 11 is 0. The van der Waals surface area contributed by atoms with Crippen LogP contribution in [0.4, 0.5) is 8.78 Å². The molecule has 0 amide bonds. The van der Waals surface area contributed by atoms with Crippen LogP contribution in [0.2, 0.25) is 0 Å². The molecule has 4 rings (SSSR count). The van der Waals surface area contributed by atoms with Crippen LogP contribution in [-0.2, 0) is 10.2 Å². The number of likely N-dealkylation sites (tertiary alicyclic amines) is 1. The van der Waals surface area contributed by atoms with Gasteiger partial charge in [0.25, 0.3) is 0 Å². The van der Waals surface area contributed by atoms with Gasteiger partial charge >= 0.3 is 0 Å². The third-order valence-corrected chi connectivity index (χ3v) is 9.94. The summed E-state index contributed by atoms with van der Waals surface area (Å²) in [5, 5.41) is 7.02. The van der Waals surface area contributed by atoms with Crippen LogP contribution < -0.4 is 10.6 Å². The average Bonchev–Trinajstić information content (AvgIpc) is 3.11. The maximum absolute atomic E-state index is 14.6. The van der Waals surface area contributed by atoms with E-state index in [0.717, 1.165) is 80.8 Å². The number of halogens is 2. The molecule has 2 aliphatic heterocycles. The van der Waals surface area contributed by atoms with Gasteiger partial charge < -0.3 is 25.2 Å². The Labute approximate surface area is 306 Å². The molecule has 5 nitrogen and oxygen atoms in total. The van der Waals surface area contributed by atoms with Crippen LogP contribution in [0.25, 0.3) is 0 Å². The molecule has 2 aromatic carbocycles. The fourth-order valence-electron chi connectivity index (χ4n) is 7.40. The van der Waals surface area contributed by atoms with Gasteiger partial charge in [-0.1, -0.05) is 102 Å². The van der Waals surface area contributed by atoms with Crippen LogP contribution in [-0.4, -0.2) is 43.1 Å². The van der Waals surface area contributed by atoms with Crippen LogP contribution in [0.15, 0.2) is 132 Å². The van der Waals surface area contributed by atoms with Gasteiger partial charge in [0.1, 0.15) is 17.4 Å². The molecule has 0 aliphatic carbocycles. The summed E-state index contributed by atoms with van der Waals surface area (Å²) in [4.78, 5) is 4.49. The Morgan fingerprint density at radius 1 is 1.06 bits per heavy atom. The Balaban J connectivity index is 0.00000702. The molecule has 0 saturated carbocycles. The van der Waals surface area contributed by atoms with E-state index in [1.807, 2.05) is 11.0 Å². The first-order valence-corrected chi connectivity index (χ1v) is 17.9. The highest BCUT2D eigenvalue weighted by molar-refractivity contribution is 5.48. The van der Waals surface area contributed by atoms with Crippen LogP contribution in [0.1, 0.15) is 90.8 Å². The lowest BCUT2D eigenvalue weighted by Gasteiger charge is -2.44. The lowest BCUT2D eigenvalue weighted by atomic mass is 9.66. The first kappa shape index (κ1) is 41.1. The predicted molar refractivity (Wildman–Crippen MR) is 211 cm³/mol. The molecule has 2 heterocycles. The minimum absolute atomic E-state index is 0. The highest BCUT2D eigenvalue weighted by Crippen LogP contribution is 2.45. The maximum Gasteiger partial charge on any atom is 0.159 e. The quantitative estimate of drug-likeness (QED) is 0.104. The molecule has 0 radical (unpaired) electrons. The first-order chi connectivity index (χ1) is 24.0. The van der Waals surface area contributed by atoms with Crippen molar-refractivity contribution < 1.29 is 13.5 Å². The second kappa shape index (κ2) is 18.8. The Morgan fingerprint density at radius 3 is 2.31 bits per heavy atom. The van der Waals surface area contributed by atoms with Gasteiger partial charge in [-0.05, 0) is 100 Å². The van der Waals surface area contributed by atoms with Gasteiger partial charge in [-0.15, -0.1) is 0 Å². The molecule has 1 atom stereocenters. The summed E-state index contributed by atoms with van der Waals surface area (Å²) in [6.07, 6.45) is 9.33.